The van der Waals surface area contributed by atoms with E-state index in [2.05, 4.69) is 5.32 Å². The summed E-state index contributed by atoms with van der Waals surface area (Å²) in [6.07, 6.45) is 0.621. The van der Waals surface area contributed by atoms with Crippen molar-refractivity contribution >= 4 is 9.84 Å². The van der Waals surface area contributed by atoms with Gasteiger partial charge in [0.05, 0.1) is 10.1 Å². The molecule has 0 bridgehead atoms. The standard InChI is InChI=1S/C13H21NO2S/c1-5-12(9-14-4)17(15,16)13-7-6-10(2)11(3)8-13/h6-8,12,14H,5,9H2,1-4H3. The predicted molar refractivity (Wildman–Crippen MR) is 71.1 cm³/mol. The summed E-state index contributed by atoms with van der Waals surface area (Å²) in [5, 5.41) is 2.59. The van der Waals surface area contributed by atoms with Crippen molar-refractivity contribution < 1.29 is 8.42 Å². The van der Waals surface area contributed by atoms with Crippen LogP contribution in [0, 0.1) is 13.8 Å². The lowest BCUT2D eigenvalue weighted by Gasteiger charge is -2.16. The lowest BCUT2D eigenvalue weighted by atomic mass is 10.1. The topological polar surface area (TPSA) is 46.2 Å². The first-order valence-corrected chi connectivity index (χ1v) is 7.43. The molecule has 0 aromatic heterocycles. The normalized spacial score (nSPS) is 13.6. The van der Waals surface area contributed by atoms with Crippen LogP contribution in [-0.4, -0.2) is 27.3 Å². The molecule has 0 spiro atoms. The molecule has 96 valence electrons. The molecule has 1 aromatic rings. The second kappa shape index (κ2) is 5.65. The Labute approximate surface area is 104 Å². The van der Waals surface area contributed by atoms with Gasteiger partial charge in [-0.25, -0.2) is 8.42 Å². The van der Waals surface area contributed by atoms with Gasteiger partial charge in [-0.15, -0.1) is 0 Å². The van der Waals surface area contributed by atoms with Gasteiger partial charge >= 0.3 is 0 Å². The average molecular weight is 255 g/mol. The molecule has 4 heteroatoms. The van der Waals surface area contributed by atoms with E-state index in [-0.39, 0.29) is 5.25 Å². The molecule has 0 fully saturated rings. The third-order valence-electron chi connectivity index (χ3n) is 3.13. The smallest absolute Gasteiger partial charge is 0.182 e. The van der Waals surface area contributed by atoms with E-state index in [1.807, 2.05) is 26.8 Å². The van der Waals surface area contributed by atoms with Gasteiger partial charge in [0.25, 0.3) is 0 Å². The summed E-state index contributed by atoms with van der Waals surface area (Å²) in [4.78, 5) is 0.433. The minimum Gasteiger partial charge on any atom is -0.318 e. The Morgan fingerprint density at radius 3 is 2.35 bits per heavy atom. The molecule has 1 N–H and O–H groups in total. The van der Waals surface area contributed by atoms with Crippen molar-refractivity contribution in [3.05, 3.63) is 29.3 Å². The molecule has 17 heavy (non-hydrogen) atoms. The molecule has 1 aromatic carbocycles. The summed E-state index contributed by atoms with van der Waals surface area (Å²) in [6, 6.07) is 5.34. The van der Waals surface area contributed by atoms with E-state index in [1.54, 1.807) is 19.2 Å². The van der Waals surface area contributed by atoms with Crippen molar-refractivity contribution in [2.45, 2.75) is 37.3 Å². The van der Waals surface area contributed by atoms with Crippen LogP contribution in [0.25, 0.3) is 0 Å². The Hall–Kier alpha value is -0.870. The maximum absolute atomic E-state index is 12.4. The Balaban J connectivity index is 3.15. The van der Waals surface area contributed by atoms with Crippen LogP contribution >= 0.6 is 0 Å². The summed E-state index contributed by atoms with van der Waals surface area (Å²) < 4.78 is 24.8. The lowest BCUT2D eigenvalue weighted by molar-refractivity contribution is 0.567. The zero-order valence-corrected chi connectivity index (χ0v) is 11.8. The molecule has 0 saturated carbocycles. The van der Waals surface area contributed by atoms with Crippen molar-refractivity contribution in [3.63, 3.8) is 0 Å². The maximum atomic E-state index is 12.4. The summed E-state index contributed by atoms with van der Waals surface area (Å²) in [5.41, 5.74) is 2.14. The highest BCUT2D eigenvalue weighted by atomic mass is 32.2. The Morgan fingerprint density at radius 2 is 1.88 bits per heavy atom. The van der Waals surface area contributed by atoms with Crippen LogP contribution in [-0.2, 0) is 9.84 Å². The third kappa shape index (κ3) is 3.07. The van der Waals surface area contributed by atoms with Crippen LogP contribution in [0.2, 0.25) is 0 Å². The van der Waals surface area contributed by atoms with Crippen LogP contribution < -0.4 is 5.32 Å². The van der Waals surface area contributed by atoms with Crippen molar-refractivity contribution in [2.75, 3.05) is 13.6 Å². The summed E-state index contributed by atoms with van der Waals surface area (Å²) in [5.74, 6) is 0. The lowest BCUT2D eigenvalue weighted by Crippen LogP contribution is -2.31. The summed E-state index contributed by atoms with van der Waals surface area (Å²) >= 11 is 0. The van der Waals surface area contributed by atoms with E-state index in [0.717, 1.165) is 11.1 Å². The number of aryl methyl sites for hydroxylation is 2. The highest BCUT2D eigenvalue weighted by molar-refractivity contribution is 7.92. The zero-order chi connectivity index (χ0) is 13.1. The van der Waals surface area contributed by atoms with Crippen molar-refractivity contribution in [1.82, 2.24) is 5.32 Å². The number of benzene rings is 1. The number of nitrogens with one attached hydrogen (secondary N) is 1. The van der Waals surface area contributed by atoms with Crippen LogP contribution in [0.3, 0.4) is 0 Å². The fourth-order valence-electron chi connectivity index (χ4n) is 1.78. The molecular formula is C13H21NO2S. The SMILES string of the molecule is CCC(CNC)S(=O)(=O)c1ccc(C)c(C)c1. The van der Waals surface area contributed by atoms with Gasteiger partial charge in [0.15, 0.2) is 9.84 Å². The monoisotopic (exact) mass is 255 g/mol. The molecule has 1 rings (SSSR count). The van der Waals surface area contributed by atoms with E-state index in [4.69, 9.17) is 0 Å². The summed E-state index contributed by atoms with van der Waals surface area (Å²) in [7, 11) is -1.44. The van der Waals surface area contributed by atoms with Crippen molar-refractivity contribution in [2.24, 2.45) is 0 Å². The van der Waals surface area contributed by atoms with Gasteiger partial charge < -0.3 is 5.32 Å². The molecule has 1 unspecified atom stereocenters. The molecule has 3 nitrogen and oxygen atoms in total. The first-order chi connectivity index (χ1) is 7.93. The van der Waals surface area contributed by atoms with E-state index in [9.17, 15) is 8.42 Å². The van der Waals surface area contributed by atoms with E-state index >= 15 is 0 Å². The van der Waals surface area contributed by atoms with Gasteiger partial charge in [-0.05, 0) is 50.6 Å². The molecule has 0 amide bonds. The molecule has 0 heterocycles. The van der Waals surface area contributed by atoms with Gasteiger partial charge in [-0.3, -0.25) is 0 Å². The third-order valence-corrected chi connectivity index (χ3v) is 5.42. The molecule has 0 aliphatic heterocycles. The maximum Gasteiger partial charge on any atom is 0.182 e. The Morgan fingerprint density at radius 1 is 1.24 bits per heavy atom. The Bertz CT molecular complexity index is 480. The minimum atomic E-state index is -3.22. The number of hydrogen-bond donors (Lipinski definition) is 1. The first-order valence-electron chi connectivity index (χ1n) is 5.89. The molecule has 0 saturated heterocycles. The van der Waals surface area contributed by atoms with Crippen LogP contribution in [0.5, 0.6) is 0 Å². The average Bonchev–Trinajstić information content (AvgIpc) is 2.29. The van der Waals surface area contributed by atoms with E-state index in [1.165, 1.54) is 0 Å². The first kappa shape index (κ1) is 14.2. The molecule has 0 aliphatic carbocycles. The van der Waals surface area contributed by atoms with Gasteiger partial charge in [0, 0.05) is 6.54 Å². The van der Waals surface area contributed by atoms with Crippen LogP contribution in [0.15, 0.2) is 23.1 Å². The van der Waals surface area contributed by atoms with Crippen LogP contribution in [0.4, 0.5) is 0 Å². The second-order valence-electron chi connectivity index (χ2n) is 4.38. The van der Waals surface area contributed by atoms with Gasteiger partial charge in [-0.1, -0.05) is 13.0 Å². The van der Waals surface area contributed by atoms with Gasteiger partial charge in [-0.2, -0.15) is 0 Å². The van der Waals surface area contributed by atoms with Crippen molar-refractivity contribution in [1.29, 1.82) is 0 Å². The van der Waals surface area contributed by atoms with Crippen molar-refractivity contribution in [3.8, 4) is 0 Å². The highest BCUT2D eigenvalue weighted by Crippen LogP contribution is 2.20. The number of rotatable bonds is 5. The van der Waals surface area contributed by atoms with Crippen LogP contribution in [0.1, 0.15) is 24.5 Å². The van der Waals surface area contributed by atoms with Gasteiger partial charge in [0.1, 0.15) is 0 Å². The fourth-order valence-corrected chi connectivity index (χ4v) is 3.59. The van der Waals surface area contributed by atoms with E-state index < -0.39 is 9.84 Å². The number of hydrogen-bond acceptors (Lipinski definition) is 3. The molecule has 0 radical (unpaired) electrons. The highest BCUT2D eigenvalue weighted by Gasteiger charge is 2.25. The van der Waals surface area contributed by atoms with Gasteiger partial charge in [0.2, 0.25) is 0 Å². The second-order valence-corrected chi connectivity index (χ2v) is 6.61. The fraction of sp³-hybridized carbons (Fsp3) is 0.538. The Kier molecular flexibility index (Phi) is 4.71. The largest absolute Gasteiger partial charge is 0.318 e. The quantitative estimate of drug-likeness (QED) is 0.876. The minimum absolute atomic E-state index is 0.352. The summed E-state index contributed by atoms with van der Waals surface area (Å²) in [6.45, 7) is 6.32. The van der Waals surface area contributed by atoms with E-state index in [0.29, 0.717) is 17.9 Å². The number of sulfone groups is 1. The molecule has 0 aliphatic rings. The molecule has 1 atom stereocenters. The molecular weight excluding hydrogens is 234 g/mol. The zero-order valence-electron chi connectivity index (χ0n) is 10.9. The predicted octanol–water partition coefficient (Wildman–Crippen LogP) is 2.08.